The summed E-state index contributed by atoms with van der Waals surface area (Å²) >= 11 is 0. The number of hydrogen-bond donors (Lipinski definition) is 1. The minimum Gasteiger partial charge on any atom is -0.326 e. The van der Waals surface area contributed by atoms with Gasteiger partial charge in [0.25, 0.3) is 0 Å². The topological polar surface area (TPSA) is 49.4 Å². The molecule has 1 fully saturated rings. The summed E-state index contributed by atoms with van der Waals surface area (Å²) in [6.45, 7) is 8.75. The van der Waals surface area contributed by atoms with Crippen molar-refractivity contribution in [3.05, 3.63) is 59.2 Å². The molecular weight excluding hydrogens is 324 g/mol. The third-order valence-corrected chi connectivity index (χ3v) is 5.21. The molecule has 4 heteroatoms. The van der Waals surface area contributed by atoms with Crippen LogP contribution in [0.1, 0.15) is 42.9 Å². The molecule has 3 rings (SSSR count). The van der Waals surface area contributed by atoms with E-state index in [0.717, 1.165) is 22.5 Å². The quantitative estimate of drug-likeness (QED) is 0.887. The third kappa shape index (κ3) is 3.64. The van der Waals surface area contributed by atoms with Crippen LogP contribution in [0.15, 0.2) is 42.5 Å². The van der Waals surface area contributed by atoms with Crippen LogP contribution in [0.2, 0.25) is 0 Å². The molecule has 1 N–H and O–H groups in total. The van der Waals surface area contributed by atoms with E-state index < -0.39 is 0 Å². The van der Waals surface area contributed by atoms with Crippen LogP contribution in [-0.2, 0) is 9.59 Å². The average Bonchev–Trinajstić information content (AvgIpc) is 2.99. The fourth-order valence-electron chi connectivity index (χ4n) is 3.34. The lowest BCUT2D eigenvalue weighted by atomic mass is 10.0. The summed E-state index contributed by atoms with van der Waals surface area (Å²) in [7, 11) is 0. The number of anilines is 2. The number of hydrogen-bond acceptors (Lipinski definition) is 2. The molecule has 0 saturated carbocycles. The molecule has 2 amide bonds. The summed E-state index contributed by atoms with van der Waals surface area (Å²) in [6.07, 6.45) is 0.253. The summed E-state index contributed by atoms with van der Waals surface area (Å²) in [4.78, 5) is 26.8. The maximum absolute atomic E-state index is 12.6. The van der Waals surface area contributed by atoms with Crippen molar-refractivity contribution >= 4 is 23.2 Å². The number of benzene rings is 2. The van der Waals surface area contributed by atoms with Gasteiger partial charge >= 0.3 is 0 Å². The molecular formula is C22H26N2O2. The maximum atomic E-state index is 12.6. The molecule has 2 aromatic rings. The van der Waals surface area contributed by atoms with Gasteiger partial charge in [-0.25, -0.2) is 0 Å². The monoisotopic (exact) mass is 350 g/mol. The lowest BCUT2D eigenvalue weighted by molar-refractivity contribution is -0.122. The zero-order chi connectivity index (χ0) is 18.8. The molecule has 1 atom stereocenters. The van der Waals surface area contributed by atoms with Gasteiger partial charge in [-0.05, 0) is 54.7 Å². The van der Waals surface area contributed by atoms with E-state index in [1.807, 2.05) is 56.3 Å². The highest BCUT2D eigenvalue weighted by Crippen LogP contribution is 2.30. The SMILES string of the molecule is Cc1cccc(N2C[C@@H](C(=O)Nc3ccc(C(C)C)cc3)CC2=O)c1C. The van der Waals surface area contributed by atoms with E-state index in [1.165, 1.54) is 5.56 Å². The van der Waals surface area contributed by atoms with Gasteiger partial charge in [-0.3, -0.25) is 9.59 Å². The van der Waals surface area contributed by atoms with Crippen LogP contribution >= 0.6 is 0 Å². The van der Waals surface area contributed by atoms with Crippen LogP contribution in [0.3, 0.4) is 0 Å². The van der Waals surface area contributed by atoms with Gasteiger partial charge in [-0.2, -0.15) is 0 Å². The Kier molecular flexibility index (Phi) is 5.12. The summed E-state index contributed by atoms with van der Waals surface area (Å²) in [5.74, 6) is 0.0444. The van der Waals surface area contributed by atoms with Gasteiger partial charge in [0.2, 0.25) is 11.8 Å². The minimum absolute atomic E-state index is 0.00834. The smallest absolute Gasteiger partial charge is 0.229 e. The van der Waals surface area contributed by atoms with Gasteiger partial charge in [0.15, 0.2) is 0 Å². The van der Waals surface area contributed by atoms with Crippen LogP contribution in [0.25, 0.3) is 0 Å². The molecule has 136 valence electrons. The van der Waals surface area contributed by atoms with Crippen molar-refractivity contribution in [1.82, 2.24) is 0 Å². The summed E-state index contributed by atoms with van der Waals surface area (Å²) in [6, 6.07) is 13.8. The highest BCUT2D eigenvalue weighted by atomic mass is 16.2. The molecule has 26 heavy (non-hydrogen) atoms. The van der Waals surface area contributed by atoms with Crippen molar-refractivity contribution in [2.75, 3.05) is 16.8 Å². The highest BCUT2D eigenvalue weighted by molar-refractivity contribution is 6.03. The van der Waals surface area contributed by atoms with E-state index in [2.05, 4.69) is 19.2 Å². The molecule has 0 aromatic heterocycles. The average molecular weight is 350 g/mol. The van der Waals surface area contributed by atoms with Crippen LogP contribution in [0, 0.1) is 19.8 Å². The van der Waals surface area contributed by atoms with Gasteiger partial charge in [0, 0.05) is 24.3 Å². The number of aryl methyl sites for hydroxylation is 1. The Morgan fingerprint density at radius 1 is 1.12 bits per heavy atom. The molecule has 1 saturated heterocycles. The third-order valence-electron chi connectivity index (χ3n) is 5.21. The van der Waals surface area contributed by atoms with Gasteiger partial charge in [0.05, 0.1) is 5.92 Å². The molecule has 1 heterocycles. The van der Waals surface area contributed by atoms with E-state index >= 15 is 0 Å². The zero-order valence-electron chi connectivity index (χ0n) is 15.9. The second-order valence-corrected chi connectivity index (χ2v) is 7.39. The van der Waals surface area contributed by atoms with Crippen molar-refractivity contribution in [3.63, 3.8) is 0 Å². The molecule has 0 aliphatic carbocycles. The Balaban J connectivity index is 1.70. The second-order valence-electron chi connectivity index (χ2n) is 7.39. The van der Waals surface area contributed by atoms with E-state index in [9.17, 15) is 9.59 Å². The van der Waals surface area contributed by atoms with E-state index in [1.54, 1.807) is 4.90 Å². The number of amides is 2. The molecule has 0 bridgehead atoms. The molecule has 4 nitrogen and oxygen atoms in total. The van der Waals surface area contributed by atoms with E-state index in [4.69, 9.17) is 0 Å². The first-order valence-electron chi connectivity index (χ1n) is 9.14. The van der Waals surface area contributed by atoms with E-state index in [0.29, 0.717) is 12.5 Å². The van der Waals surface area contributed by atoms with Crippen LogP contribution in [0.5, 0.6) is 0 Å². The summed E-state index contributed by atoms with van der Waals surface area (Å²) in [5, 5.41) is 2.95. The van der Waals surface area contributed by atoms with Crippen molar-refractivity contribution < 1.29 is 9.59 Å². The van der Waals surface area contributed by atoms with Crippen molar-refractivity contribution in [2.24, 2.45) is 5.92 Å². The Morgan fingerprint density at radius 2 is 1.81 bits per heavy atom. The lowest BCUT2D eigenvalue weighted by Gasteiger charge is -2.20. The molecule has 0 unspecified atom stereocenters. The lowest BCUT2D eigenvalue weighted by Crippen LogP contribution is -2.28. The van der Waals surface area contributed by atoms with Crippen molar-refractivity contribution in [3.8, 4) is 0 Å². The Hall–Kier alpha value is -2.62. The standard InChI is InChI=1S/C22H26N2O2/c1-14(2)17-8-10-19(11-9-17)23-22(26)18-12-21(25)24(13-18)20-7-5-6-15(3)16(20)4/h5-11,14,18H,12-13H2,1-4H3,(H,23,26)/t18-/m0/s1. The molecule has 0 spiro atoms. The van der Waals surface area contributed by atoms with Crippen LogP contribution in [-0.4, -0.2) is 18.4 Å². The van der Waals surface area contributed by atoms with Crippen molar-refractivity contribution in [2.45, 2.75) is 40.0 Å². The predicted octanol–water partition coefficient (Wildman–Crippen LogP) is 4.42. The fraction of sp³-hybridized carbons (Fsp3) is 0.364. The summed E-state index contributed by atoms with van der Waals surface area (Å²) in [5.41, 5.74) is 5.16. The molecule has 2 aromatic carbocycles. The Labute approximate surface area is 155 Å². The highest BCUT2D eigenvalue weighted by Gasteiger charge is 2.35. The summed E-state index contributed by atoms with van der Waals surface area (Å²) < 4.78 is 0. The largest absolute Gasteiger partial charge is 0.326 e. The van der Waals surface area contributed by atoms with Gasteiger partial charge in [-0.1, -0.05) is 38.1 Å². The first kappa shape index (κ1) is 18.2. The molecule has 1 aliphatic heterocycles. The number of nitrogens with zero attached hydrogens (tertiary/aromatic N) is 1. The number of carbonyl (C=O) groups excluding carboxylic acids is 2. The molecule has 1 aliphatic rings. The first-order valence-corrected chi connectivity index (χ1v) is 9.14. The normalized spacial score (nSPS) is 17.0. The predicted molar refractivity (Wildman–Crippen MR) is 106 cm³/mol. The first-order chi connectivity index (χ1) is 12.4. The maximum Gasteiger partial charge on any atom is 0.229 e. The Morgan fingerprint density at radius 3 is 2.46 bits per heavy atom. The van der Waals surface area contributed by atoms with E-state index in [-0.39, 0.29) is 24.2 Å². The van der Waals surface area contributed by atoms with Gasteiger partial charge in [-0.15, -0.1) is 0 Å². The minimum atomic E-state index is -0.327. The Bertz CT molecular complexity index is 825. The molecule has 0 radical (unpaired) electrons. The fourth-order valence-corrected chi connectivity index (χ4v) is 3.34. The number of rotatable bonds is 4. The van der Waals surface area contributed by atoms with Gasteiger partial charge in [0.1, 0.15) is 0 Å². The number of nitrogens with one attached hydrogen (secondary N) is 1. The second kappa shape index (κ2) is 7.32. The van der Waals surface area contributed by atoms with Gasteiger partial charge < -0.3 is 10.2 Å². The zero-order valence-corrected chi connectivity index (χ0v) is 15.9. The van der Waals surface area contributed by atoms with Crippen molar-refractivity contribution in [1.29, 1.82) is 0 Å². The number of carbonyl (C=O) groups is 2. The van der Waals surface area contributed by atoms with Crippen LogP contribution < -0.4 is 10.2 Å². The van der Waals surface area contributed by atoms with Crippen LogP contribution in [0.4, 0.5) is 11.4 Å².